The van der Waals surface area contributed by atoms with Gasteiger partial charge in [-0.15, -0.1) is 12.4 Å². The molecule has 1 aromatic rings. The highest BCUT2D eigenvalue weighted by Crippen LogP contribution is 2.33. The van der Waals surface area contributed by atoms with Gasteiger partial charge in [-0.3, -0.25) is 4.79 Å². The van der Waals surface area contributed by atoms with Crippen LogP contribution in [0.4, 0.5) is 0 Å². The molecule has 2 N–H and O–H groups in total. The topological polar surface area (TPSA) is 59.6 Å². The molecule has 2 heterocycles. The summed E-state index contributed by atoms with van der Waals surface area (Å²) in [6.07, 6.45) is 2.11. The maximum absolute atomic E-state index is 12.3. The molecule has 0 bridgehead atoms. The molecule has 0 aliphatic carbocycles. The predicted octanol–water partition coefficient (Wildman–Crippen LogP) is 1.36. The van der Waals surface area contributed by atoms with E-state index in [1.807, 2.05) is 12.1 Å². The van der Waals surface area contributed by atoms with E-state index in [0.29, 0.717) is 30.3 Å². The molecule has 0 spiro atoms. The normalized spacial score (nSPS) is 20.7. The summed E-state index contributed by atoms with van der Waals surface area (Å²) in [6, 6.07) is 5.62. The number of para-hydroxylation sites is 1. The van der Waals surface area contributed by atoms with Gasteiger partial charge in [0.15, 0.2) is 11.5 Å². The molecule has 0 radical (unpaired) electrons. The lowest BCUT2D eigenvalue weighted by Gasteiger charge is -2.25. The summed E-state index contributed by atoms with van der Waals surface area (Å²) in [7, 11) is 0. The van der Waals surface area contributed by atoms with Gasteiger partial charge in [-0.25, -0.2) is 0 Å². The second-order valence-corrected chi connectivity index (χ2v) is 4.85. The molecule has 0 unspecified atom stereocenters. The molecule has 1 aromatic carbocycles. The Bertz CT molecular complexity index is 475. The van der Waals surface area contributed by atoms with Crippen molar-refractivity contribution in [3.05, 3.63) is 23.8 Å². The Morgan fingerprint density at radius 3 is 2.95 bits per heavy atom. The highest BCUT2D eigenvalue weighted by atomic mass is 35.5. The number of halogens is 1. The first-order valence-electron chi connectivity index (χ1n) is 6.75. The van der Waals surface area contributed by atoms with Crippen molar-refractivity contribution in [1.82, 2.24) is 10.6 Å². The molecule has 2 aliphatic heterocycles. The third-order valence-electron chi connectivity index (χ3n) is 3.44. The third-order valence-corrected chi connectivity index (χ3v) is 3.44. The number of hydrogen-bond donors (Lipinski definition) is 2. The zero-order chi connectivity index (χ0) is 13.1. The molecule has 2 aliphatic rings. The van der Waals surface area contributed by atoms with Crippen LogP contribution in [0.3, 0.4) is 0 Å². The van der Waals surface area contributed by atoms with Gasteiger partial charge in [0.05, 0.1) is 5.56 Å². The standard InChI is InChI=1S/C14H18N2O3.ClH/c17-14(16-10-3-2-6-15-9-10)11-4-1-5-12-13(11)19-8-7-18-12;/h1,4-5,10,15H,2-3,6-9H2,(H,16,17);1H/t10-;/m1./s1. The van der Waals surface area contributed by atoms with Crippen LogP contribution in [0.25, 0.3) is 0 Å². The quantitative estimate of drug-likeness (QED) is 0.865. The lowest BCUT2D eigenvalue weighted by Crippen LogP contribution is -2.45. The molecule has 110 valence electrons. The van der Waals surface area contributed by atoms with Crippen LogP contribution in [-0.4, -0.2) is 38.3 Å². The van der Waals surface area contributed by atoms with E-state index in [4.69, 9.17) is 9.47 Å². The average Bonchev–Trinajstić information content (AvgIpc) is 2.47. The molecule has 6 heteroatoms. The van der Waals surface area contributed by atoms with Crippen LogP contribution in [0, 0.1) is 0 Å². The Balaban J connectivity index is 0.00000147. The first-order valence-corrected chi connectivity index (χ1v) is 6.75. The molecule has 1 fully saturated rings. The number of hydrogen-bond acceptors (Lipinski definition) is 4. The molecule has 20 heavy (non-hydrogen) atoms. The summed E-state index contributed by atoms with van der Waals surface area (Å²) < 4.78 is 11.1. The summed E-state index contributed by atoms with van der Waals surface area (Å²) in [5.41, 5.74) is 0.558. The summed E-state index contributed by atoms with van der Waals surface area (Å²) in [5, 5.41) is 6.33. The van der Waals surface area contributed by atoms with E-state index in [2.05, 4.69) is 10.6 Å². The summed E-state index contributed by atoms with van der Waals surface area (Å²) in [6.45, 7) is 2.88. The Kier molecular flexibility index (Phi) is 5.09. The first kappa shape index (κ1) is 14.9. The van der Waals surface area contributed by atoms with Crippen LogP contribution in [0.2, 0.25) is 0 Å². The minimum Gasteiger partial charge on any atom is -0.486 e. The number of carbonyl (C=O) groups is 1. The highest BCUT2D eigenvalue weighted by molar-refractivity contribution is 5.98. The monoisotopic (exact) mass is 298 g/mol. The van der Waals surface area contributed by atoms with Crippen LogP contribution in [-0.2, 0) is 0 Å². The van der Waals surface area contributed by atoms with Crippen molar-refractivity contribution in [3.8, 4) is 11.5 Å². The van der Waals surface area contributed by atoms with Crippen molar-refractivity contribution in [1.29, 1.82) is 0 Å². The second kappa shape index (κ2) is 6.81. The van der Waals surface area contributed by atoms with Crippen molar-refractivity contribution in [3.63, 3.8) is 0 Å². The third kappa shape index (κ3) is 3.16. The van der Waals surface area contributed by atoms with Crippen molar-refractivity contribution >= 4 is 18.3 Å². The molecular formula is C14H19ClN2O3. The van der Waals surface area contributed by atoms with E-state index in [1.54, 1.807) is 6.07 Å². The Hall–Kier alpha value is -1.46. The van der Waals surface area contributed by atoms with Crippen LogP contribution in [0.15, 0.2) is 18.2 Å². The maximum Gasteiger partial charge on any atom is 0.255 e. The molecule has 0 aromatic heterocycles. The van der Waals surface area contributed by atoms with Gasteiger partial charge >= 0.3 is 0 Å². The zero-order valence-electron chi connectivity index (χ0n) is 11.2. The Morgan fingerprint density at radius 2 is 2.15 bits per heavy atom. The largest absolute Gasteiger partial charge is 0.486 e. The van der Waals surface area contributed by atoms with E-state index < -0.39 is 0 Å². The van der Waals surface area contributed by atoms with Crippen LogP contribution >= 0.6 is 12.4 Å². The van der Waals surface area contributed by atoms with Crippen LogP contribution < -0.4 is 20.1 Å². The minimum absolute atomic E-state index is 0. The molecule has 1 atom stereocenters. The van der Waals surface area contributed by atoms with Crippen molar-refractivity contribution in [2.75, 3.05) is 26.3 Å². The Morgan fingerprint density at radius 1 is 1.30 bits per heavy atom. The van der Waals surface area contributed by atoms with E-state index in [-0.39, 0.29) is 24.4 Å². The first-order chi connectivity index (χ1) is 9.34. The fourth-order valence-corrected chi connectivity index (χ4v) is 2.49. The molecule has 1 saturated heterocycles. The smallest absolute Gasteiger partial charge is 0.255 e. The molecule has 3 rings (SSSR count). The molecule has 0 saturated carbocycles. The summed E-state index contributed by atoms with van der Waals surface area (Å²) in [5.74, 6) is 1.13. The van der Waals surface area contributed by atoms with Gasteiger partial charge in [0.25, 0.3) is 5.91 Å². The van der Waals surface area contributed by atoms with Gasteiger partial charge < -0.3 is 20.1 Å². The molecular weight excluding hydrogens is 280 g/mol. The second-order valence-electron chi connectivity index (χ2n) is 4.85. The number of amides is 1. The fraction of sp³-hybridized carbons (Fsp3) is 0.500. The number of rotatable bonds is 2. The van der Waals surface area contributed by atoms with Gasteiger partial charge in [0.2, 0.25) is 0 Å². The van der Waals surface area contributed by atoms with Crippen LogP contribution in [0.5, 0.6) is 11.5 Å². The number of nitrogens with one attached hydrogen (secondary N) is 2. The van der Waals surface area contributed by atoms with Crippen molar-refractivity contribution < 1.29 is 14.3 Å². The number of benzene rings is 1. The van der Waals surface area contributed by atoms with Crippen molar-refractivity contribution in [2.45, 2.75) is 18.9 Å². The van der Waals surface area contributed by atoms with Crippen molar-refractivity contribution in [2.24, 2.45) is 0 Å². The Labute approximate surface area is 124 Å². The van der Waals surface area contributed by atoms with Gasteiger partial charge in [0, 0.05) is 12.6 Å². The van der Waals surface area contributed by atoms with Gasteiger partial charge in [0.1, 0.15) is 13.2 Å². The highest BCUT2D eigenvalue weighted by Gasteiger charge is 2.22. The number of piperidine rings is 1. The lowest BCUT2D eigenvalue weighted by atomic mass is 10.1. The van der Waals surface area contributed by atoms with E-state index in [0.717, 1.165) is 25.9 Å². The van der Waals surface area contributed by atoms with Gasteiger partial charge in [-0.05, 0) is 31.5 Å². The number of ether oxygens (including phenoxy) is 2. The van der Waals surface area contributed by atoms with E-state index >= 15 is 0 Å². The van der Waals surface area contributed by atoms with Crippen LogP contribution in [0.1, 0.15) is 23.2 Å². The predicted molar refractivity (Wildman–Crippen MR) is 78.0 cm³/mol. The summed E-state index contributed by atoms with van der Waals surface area (Å²) >= 11 is 0. The van der Waals surface area contributed by atoms with E-state index in [1.165, 1.54) is 0 Å². The minimum atomic E-state index is -0.0870. The zero-order valence-corrected chi connectivity index (χ0v) is 12.0. The SMILES string of the molecule is Cl.O=C(N[C@@H]1CCCNC1)c1cccc2c1OCCO2. The fourth-order valence-electron chi connectivity index (χ4n) is 2.49. The molecule has 1 amide bonds. The van der Waals surface area contributed by atoms with Gasteiger partial charge in [-0.1, -0.05) is 6.07 Å². The maximum atomic E-state index is 12.3. The summed E-state index contributed by atoms with van der Waals surface area (Å²) in [4.78, 5) is 12.3. The number of fused-ring (bicyclic) bond motifs is 1. The van der Waals surface area contributed by atoms with E-state index in [9.17, 15) is 4.79 Å². The average molecular weight is 299 g/mol. The van der Waals surface area contributed by atoms with Gasteiger partial charge in [-0.2, -0.15) is 0 Å². The molecule has 5 nitrogen and oxygen atoms in total. The number of carbonyl (C=O) groups excluding carboxylic acids is 1. The lowest BCUT2D eigenvalue weighted by molar-refractivity contribution is 0.0919.